The van der Waals surface area contributed by atoms with Crippen molar-refractivity contribution in [3.63, 3.8) is 0 Å². The van der Waals surface area contributed by atoms with Gasteiger partial charge in [-0.1, -0.05) is 22.0 Å². The van der Waals surface area contributed by atoms with E-state index in [0.29, 0.717) is 4.47 Å². The molecule has 0 aliphatic carbocycles. The molecule has 7 heteroatoms. The zero-order chi connectivity index (χ0) is 12.3. The van der Waals surface area contributed by atoms with Gasteiger partial charge in [0.05, 0.1) is 6.04 Å². The van der Waals surface area contributed by atoms with E-state index in [-0.39, 0.29) is 36.7 Å². The molecule has 1 saturated heterocycles. The fourth-order valence-electron chi connectivity index (χ4n) is 2.14. The molecule has 1 atom stereocenters. The van der Waals surface area contributed by atoms with Crippen LogP contribution in [0.25, 0.3) is 0 Å². The summed E-state index contributed by atoms with van der Waals surface area (Å²) >= 11 is 3.31. The Morgan fingerprint density at radius 2 is 1.89 bits per heavy atom. The molecule has 0 radical (unpaired) electrons. The van der Waals surface area contributed by atoms with Crippen molar-refractivity contribution in [2.45, 2.75) is 6.04 Å². The molecule has 1 N–H and O–H groups in total. The lowest BCUT2D eigenvalue weighted by Gasteiger charge is -2.34. The number of rotatable bonds is 3. The number of benzene rings is 1. The third-order valence-corrected chi connectivity index (χ3v) is 3.75. The van der Waals surface area contributed by atoms with Crippen molar-refractivity contribution < 1.29 is 8.78 Å². The summed E-state index contributed by atoms with van der Waals surface area (Å²) in [5, 5.41) is 3.23. The second-order valence-electron chi connectivity index (χ2n) is 4.12. The smallest absolute Gasteiger partial charge is 0.124 e. The Morgan fingerprint density at radius 1 is 1.26 bits per heavy atom. The van der Waals surface area contributed by atoms with Gasteiger partial charge in [0.15, 0.2) is 0 Å². The first-order chi connectivity index (χ1) is 8.22. The van der Waals surface area contributed by atoms with Crippen LogP contribution in [0.4, 0.5) is 8.78 Å². The van der Waals surface area contributed by atoms with Crippen LogP contribution in [-0.2, 0) is 0 Å². The molecule has 2 rings (SSSR count). The van der Waals surface area contributed by atoms with E-state index >= 15 is 0 Å². The highest BCUT2D eigenvalue weighted by Gasteiger charge is 2.23. The highest BCUT2D eigenvalue weighted by Crippen LogP contribution is 2.29. The van der Waals surface area contributed by atoms with Crippen LogP contribution in [0, 0.1) is 5.82 Å². The molecule has 0 bridgehead atoms. The molecule has 0 aromatic heterocycles. The highest BCUT2D eigenvalue weighted by molar-refractivity contribution is 9.10. The lowest BCUT2D eigenvalue weighted by Crippen LogP contribution is -2.45. The SMILES string of the molecule is Cl.Cl.FC[C@H](c1ccc(F)cc1Br)N1CCNCC1. The van der Waals surface area contributed by atoms with Crippen molar-refractivity contribution in [1.29, 1.82) is 0 Å². The summed E-state index contributed by atoms with van der Waals surface area (Å²) in [7, 11) is 0. The van der Waals surface area contributed by atoms with Crippen LogP contribution in [0.3, 0.4) is 0 Å². The van der Waals surface area contributed by atoms with E-state index in [1.54, 1.807) is 6.07 Å². The van der Waals surface area contributed by atoms with Crippen molar-refractivity contribution >= 4 is 40.7 Å². The fraction of sp³-hybridized carbons (Fsp3) is 0.500. The average Bonchev–Trinajstić information content (AvgIpc) is 2.34. The van der Waals surface area contributed by atoms with E-state index in [4.69, 9.17) is 0 Å². The lowest BCUT2D eigenvalue weighted by molar-refractivity contribution is 0.147. The molecule has 110 valence electrons. The van der Waals surface area contributed by atoms with Crippen LogP contribution in [0.5, 0.6) is 0 Å². The van der Waals surface area contributed by atoms with Crippen molar-refractivity contribution in [3.8, 4) is 0 Å². The molecule has 1 aromatic carbocycles. The Balaban J connectivity index is 0.00000162. The molecular formula is C12H17BrCl2F2N2. The Morgan fingerprint density at radius 3 is 2.42 bits per heavy atom. The monoisotopic (exact) mass is 376 g/mol. The number of nitrogens with one attached hydrogen (secondary N) is 1. The van der Waals surface area contributed by atoms with E-state index in [0.717, 1.165) is 31.7 Å². The van der Waals surface area contributed by atoms with Crippen LogP contribution in [0.15, 0.2) is 22.7 Å². The van der Waals surface area contributed by atoms with Gasteiger partial charge < -0.3 is 5.32 Å². The van der Waals surface area contributed by atoms with Gasteiger partial charge in [0.1, 0.15) is 12.5 Å². The normalized spacial score (nSPS) is 17.2. The topological polar surface area (TPSA) is 15.3 Å². The summed E-state index contributed by atoms with van der Waals surface area (Å²) < 4.78 is 26.9. The second kappa shape index (κ2) is 9.08. The number of hydrogen-bond donors (Lipinski definition) is 1. The zero-order valence-corrected chi connectivity index (χ0v) is 13.5. The first-order valence-electron chi connectivity index (χ1n) is 5.68. The molecule has 0 unspecified atom stereocenters. The predicted octanol–water partition coefficient (Wildman–Crippen LogP) is 3.35. The minimum absolute atomic E-state index is 0. The van der Waals surface area contributed by atoms with Crippen LogP contribution < -0.4 is 5.32 Å². The van der Waals surface area contributed by atoms with Crippen LogP contribution in [0.1, 0.15) is 11.6 Å². The van der Waals surface area contributed by atoms with Gasteiger partial charge in [0.2, 0.25) is 0 Å². The Hall–Kier alpha value is 0.0600. The van der Waals surface area contributed by atoms with E-state index < -0.39 is 6.67 Å². The standard InChI is InChI=1S/C12H15BrF2N2.2ClH/c13-11-7-9(15)1-2-10(11)12(8-14)17-5-3-16-4-6-17;;/h1-2,7,12,16H,3-6,8H2;2*1H/t12-;;/m1../s1. The maximum atomic E-state index is 13.2. The molecule has 0 spiro atoms. The van der Waals surface area contributed by atoms with Gasteiger partial charge in [-0.3, -0.25) is 4.90 Å². The maximum absolute atomic E-state index is 13.2. The predicted molar refractivity (Wildman–Crippen MR) is 81.8 cm³/mol. The van der Waals surface area contributed by atoms with Gasteiger partial charge in [0, 0.05) is 30.7 Å². The highest BCUT2D eigenvalue weighted by atomic mass is 79.9. The van der Waals surface area contributed by atoms with Gasteiger partial charge in [-0.2, -0.15) is 0 Å². The van der Waals surface area contributed by atoms with Crippen LogP contribution >= 0.6 is 40.7 Å². The molecule has 0 saturated carbocycles. The van der Waals surface area contributed by atoms with E-state index in [9.17, 15) is 8.78 Å². The average molecular weight is 378 g/mol. The first kappa shape index (κ1) is 19.1. The molecule has 19 heavy (non-hydrogen) atoms. The lowest BCUT2D eigenvalue weighted by atomic mass is 10.1. The largest absolute Gasteiger partial charge is 0.314 e. The molecule has 1 aromatic rings. The molecule has 1 aliphatic rings. The zero-order valence-electron chi connectivity index (χ0n) is 10.2. The van der Waals surface area contributed by atoms with Crippen molar-refractivity contribution in [1.82, 2.24) is 10.2 Å². The van der Waals surface area contributed by atoms with Gasteiger partial charge in [0.25, 0.3) is 0 Å². The molecule has 1 aliphatic heterocycles. The number of alkyl halides is 1. The second-order valence-corrected chi connectivity index (χ2v) is 4.98. The van der Waals surface area contributed by atoms with E-state index in [1.165, 1.54) is 12.1 Å². The number of hydrogen-bond acceptors (Lipinski definition) is 2. The van der Waals surface area contributed by atoms with Crippen LogP contribution in [-0.4, -0.2) is 37.8 Å². The summed E-state index contributed by atoms with van der Waals surface area (Å²) in [5.74, 6) is -0.307. The van der Waals surface area contributed by atoms with Gasteiger partial charge in [-0.25, -0.2) is 8.78 Å². The summed E-state index contributed by atoms with van der Waals surface area (Å²) in [5.41, 5.74) is 0.816. The maximum Gasteiger partial charge on any atom is 0.124 e. The van der Waals surface area contributed by atoms with Gasteiger partial charge >= 0.3 is 0 Å². The Labute approximate surface area is 132 Å². The van der Waals surface area contributed by atoms with E-state index in [1.807, 2.05) is 0 Å². The molecular weight excluding hydrogens is 361 g/mol. The first-order valence-corrected chi connectivity index (χ1v) is 6.47. The summed E-state index contributed by atoms with van der Waals surface area (Å²) in [6, 6.07) is 4.14. The summed E-state index contributed by atoms with van der Waals surface area (Å²) in [6.45, 7) is 2.92. The fourth-order valence-corrected chi connectivity index (χ4v) is 2.76. The number of piperazine rings is 1. The number of halogens is 5. The summed E-state index contributed by atoms with van der Waals surface area (Å²) in [4.78, 5) is 2.09. The quantitative estimate of drug-likeness (QED) is 0.868. The molecule has 1 heterocycles. The molecule has 1 fully saturated rings. The van der Waals surface area contributed by atoms with Crippen LogP contribution in [0.2, 0.25) is 0 Å². The third-order valence-electron chi connectivity index (χ3n) is 3.06. The summed E-state index contributed by atoms with van der Waals surface area (Å²) in [6.07, 6.45) is 0. The van der Waals surface area contributed by atoms with E-state index in [2.05, 4.69) is 26.1 Å². The third kappa shape index (κ3) is 4.83. The molecule has 0 amide bonds. The minimum Gasteiger partial charge on any atom is -0.314 e. The van der Waals surface area contributed by atoms with Gasteiger partial charge in [-0.05, 0) is 17.7 Å². The Kier molecular flexibility index (Phi) is 9.11. The number of nitrogens with zero attached hydrogens (tertiary/aromatic N) is 1. The van der Waals surface area contributed by atoms with Gasteiger partial charge in [-0.15, -0.1) is 24.8 Å². The van der Waals surface area contributed by atoms with Crippen molar-refractivity contribution in [2.75, 3.05) is 32.9 Å². The van der Waals surface area contributed by atoms with Crippen molar-refractivity contribution in [3.05, 3.63) is 34.1 Å². The molecule has 2 nitrogen and oxygen atoms in total. The Bertz CT molecular complexity index is 390. The van der Waals surface area contributed by atoms with Crippen molar-refractivity contribution in [2.24, 2.45) is 0 Å². The minimum atomic E-state index is -0.454.